The van der Waals surface area contributed by atoms with E-state index in [1.807, 2.05) is 18.2 Å². The van der Waals surface area contributed by atoms with E-state index in [1.54, 1.807) is 0 Å². The van der Waals surface area contributed by atoms with Crippen molar-refractivity contribution in [3.05, 3.63) is 54.6 Å². The van der Waals surface area contributed by atoms with Crippen LogP contribution in [0.1, 0.15) is 25.3 Å². The fourth-order valence-electron chi connectivity index (χ4n) is 3.43. The van der Waals surface area contributed by atoms with E-state index >= 15 is 0 Å². The summed E-state index contributed by atoms with van der Waals surface area (Å²) >= 11 is 0. The number of benzene rings is 1. The Labute approximate surface area is 152 Å². The fraction of sp³-hybridized carbons (Fsp3) is 0.316. The molecule has 0 bridgehead atoms. The molecule has 1 unspecified atom stereocenters. The molecule has 3 N–H and O–H groups in total. The van der Waals surface area contributed by atoms with Crippen LogP contribution in [-0.2, 0) is 0 Å². The summed E-state index contributed by atoms with van der Waals surface area (Å²) in [6.45, 7) is 2.10. The molecule has 1 aliphatic carbocycles. The van der Waals surface area contributed by atoms with Crippen LogP contribution in [0.3, 0.4) is 0 Å². The van der Waals surface area contributed by atoms with Gasteiger partial charge in [-0.25, -0.2) is 9.97 Å². The van der Waals surface area contributed by atoms with E-state index in [0.717, 1.165) is 5.69 Å². The summed E-state index contributed by atoms with van der Waals surface area (Å²) in [5.74, 6) is 0.670. The van der Waals surface area contributed by atoms with Crippen LogP contribution >= 0.6 is 0 Å². The molecule has 4 rings (SSSR count). The third-order valence-electron chi connectivity index (χ3n) is 4.81. The lowest BCUT2D eigenvalue weighted by Gasteiger charge is -2.37. The first-order valence-corrected chi connectivity index (χ1v) is 8.75. The van der Waals surface area contributed by atoms with Crippen LogP contribution in [0.5, 0.6) is 0 Å². The van der Waals surface area contributed by atoms with Crippen LogP contribution in [0.4, 0.5) is 17.3 Å². The van der Waals surface area contributed by atoms with E-state index in [0.29, 0.717) is 11.9 Å². The summed E-state index contributed by atoms with van der Waals surface area (Å²) in [6, 6.07) is 13.0. The number of anilines is 3. The molecule has 1 aromatic carbocycles. The molecule has 0 amide bonds. The van der Waals surface area contributed by atoms with E-state index in [4.69, 9.17) is 5.73 Å². The Bertz CT molecular complexity index is 854. The zero-order valence-electron chi connectivity index (χ0n) is 14.6. The molecule has 26 heavy (non-hydrogen) atoms. The number of para-hydroxylation sites is 1. The molecule has 132 valence electrons. The van der Waals surface area contributed by atoms with Crippen LogP contribution < -0.4 is 16.0 Å². The largest absolute Gasteiger partial charge is 0.382 e. The average molecular weight is 347 g/mol. The number of nitrogens with one attached hydrogen (secondary N) is 1. The molecule has 2 aromatic rings. The van der Waals surface area contributed by atoms with Crippen molar-refractivity contribution in [3.63, 3.8) is 0 Å². The van der Waals surface area contributed by atoms with Gasteiger partial charge in [0.05, 0.1) is 6.04 Å². The minimum absolute atomic E-state index is 0.00667. The molecule has 1 saturated carbocycles. The first kappa shape index (κ1) is 16.2. The second-order valence-corrected chi connectivity index (χ2v) is 6.66. The lowest BCUT2D eigenvalue weighted by molar-refractivity contribution is 0.269. The van der Waals surface area contributed by atoms with Gasteiger partial charge in [0.15, 0.2) is 0 Å². The van der Waals surface area contributed by atoms with E-state index in [1.165, 1.54) is 19.2 Å². The highest BCUT2D eigenvalue weighted by atomic mass is 15.4. The normalized spacial score (nSPS) is 20.1. The van der Waals surface area contributed by atoms with Crippen molar-refractivity contribution in [1.82, 2.24) is 14.9 Å². The topological polar surface area (TPSA) is 94.1 Å². The number of nitrogens with two attached hydrogens (primary N) is 1. The summed E-state index contributed by atoms with van der Waals surface area (Å²) in [6.07, 6.45) is 8.17. The number of aromatic nitrogens is 2. The van der Waals surface area contributed by atoms with Crippen molar-refractivity contribution in [3.8, 4) is 6.07 Å². The van der Waals surface area contributed by atoms with Crippen molar-refractivity contribution in [2.45, 2.75) is 38.0 Å². The van der Waals surface area contributed by atoms with Gasteiger partial charge in [0.25, 0.3) is 0 Å². The first-order chi connectivity index (χ1) is 12.7. The number of rotatable bonds is 5. The predicted octanol–water partition coefficient (Wildman–Crippen LogP) is 2.51. The monoisotopic (exact) mass is 347 g/mol. The van der Waals surface area contributed by atoms with Crippen molar-refractivity contribution < 1.29 is 0 Å². The molecule has 0 spiro atoms. The third kappa shape index (κ3) is 2.90. The number of hydrogen-bond donors (Lipinski definition) is 2. The van der Waals surface area contributed by atoms with Gasteiger partial charge in [0.2, 0.25) is 0 Å². The van der Waals surface area contributed by atoms with Crippen molar-refractivity contribution in [2.75, 3.05) is 16.0 Å². The summed E-state index contributed by atoms with van der Waals surface area (Å²) in [5.41, 5.74) is 7.24. The van der Waals surface area contributed by atoms with Gasteiger partial charge in [0, 0.05) is 24.1 Å². The fourth-order valence-corrected chi connectivity index (χ4v) is 3.43. The molecule has 0 radical (unpaired) electrons. The summed E-state index contributed by atoms with van der Waals surface area (Å²) in [5, 5.41) is 12.8. The molecule has 1 aromatic heterocycles. The van der Waals surface area contributed by atoms with Crippen LogP contribution in [0, 0.1) is 11.3 Å². The Morgan fingerprint density at radius 1 is 1.23 bits per heavy atom. The highest BCUT2D eigenvalue weighted by Gasteiger charge is 2.40. The zero-order valence-corrected chi connectivity index (χ0v) is 14.6. The van der Waals surface area contributed by atoms with Gasteiger partial charge in [0.1, 0.15) is 35.8 Å². The highest BCUT2D eigenvalue weighted by molar-refractivity contribution is 5.63. The molecule has 2 aliphatic rings. The van der Waals surface area contributed by atoms with E-state index in [-0.39, 0.29) is 23.6 Å². The Hall–Kier alpha value is -3.27. The van der Waals surface area contributed by atoms with Crippen LogP contribution in [0.15, 0.2) is 49.1 Å². The quantitative estimate of drug-likeness (QED) is 0.858. The van der Waals surface area contributed by atoms with Gasteiger partial charge in [-0.15, -0.1) is 0 Å². The van der Waals surface area contributed by atoms with Crippen LogP contribution in [0.25, 0.3) is 0 Å². The van der Waals surface area contributed by atoms with Gasteiger partial charge in [-0.05, 0) is 31.9 Å². The molecule has 7 heteroatoms. The highest BCUT2D eigenvalue weighted by Crippen LogP contribution is 2.36. The molecule has 1 aliphatic heterocycles. The lowest BCUT2D eigenvalue weighted by atomic mass is 10.1. The summed E-state index contributed by atoms with van der Waals surface area (Å²) in [7, 11) is 0. The maximum Gasteiger partial charge on any atom is 0.149 e. The molecule has 2 atom stereocenters. The summed E-state index contributed by atoms with van der Waals surface area (Å²) < 4.78 is 0. The smallest absolute Gasteiger partial charge is 0.149 e. The number of nitrogen functional groups attached to an aromatic ring is 1. The minimum Gasteiger partial charge on any atom is -0.382 e. The molecule has 1 fully saturated rings. The summed E-state index contributed by atoms with van der Waals surface area (Å²) in [4.78, 5) is 12.8. The molecule has 0 saturated heterocycles. The Morgan fingerprint density at radius 2 is 2.00 bits per heavy atom. The second kappa shape index (κ2) is 6.56. The standard InChI is InChI=1S/C19H21N7/c1-13(24-18-16(11-20)17(21)22-12-23-18)19-25(14-5-3-2-4-6-14)9-10-26(19)15-7-8-15/h2-6,9-10,12-13,15,19H,7-8H2,1H3,(H3,21,22,23,24)/t13-,19?/m0/s1. The maximum absolute atomic E-state index is 9.37. The molecular formula is C19H21N7. The van der Waals surface area contributed by atoms with Crippen LogP contribution in [0.2, 0.25) is 0 Å². The van der Waals surface area contributed by atoms with Crippen LogP contribution in [-0.4, -0.2) is 33.1 Å². The first-order valence-electron chi connectivity index (χ1n) is 8.75. The Kier molecular flexibility index (Phi) is 4.09. The van der Waals surface area contributed by atoms with Crippen molar-refractivity contribution in [1.29, 1.82) is 5.26 Å². The number of nitriles is 1. The van der Waals surface area contributed by atoms with Crippen molar-refractivity contribution in [2.24, 2.45) is 0 Å². The number of nitrogens with zero attached hydrogens (tertiary/aromatic N) is 5. The van der Waals surface area contributed by atoms with Gasteiger partial charge in [-0.2, -0.15) is 5.26 Å². The zero-order chi connectivity index (χ0) is 18.1. The Morgan fingerprint density at radius 3 is 2.69 bits per heavy atom. The third-order valence-corrected chi connectivity index (χ3v) is 4.81. The SMILES string of the molecule is C[C@H](Nc1ncnc(N)c1C#N)C1N(c2ccccc2)C=CN1C1CC1. The van der Waals surface area contributed by atoms with Gasteiger partial charge in [-0.3, -0.25) is 0 Å². The molecular weight excluding hydrogens is 326 g/mol. The van der Waals surface area contributed by atoms with Gasteiger partial charge < -0.3 is 20.9 Å². The van der Waals surface area contributed by atoms with Gasteiger partial charge in [-0.1, -0.05) is 18.2 Å². The van der Waals surface area contributed by atoms with Gasteiger partial charge >= 0.3 is 0 Å². The minimum atomic E-state index is 0.00667. The Balaban J connectivity index is 1.62. The lowest BCUT2D eigenvalue weighted by Crippen LogP contribution is -2.50. The van der Waals surface area contributed by atoms with E-state index < -0.39 is 0 Å². The molecule has 7 nitrogen and oxygen atoms in total. The van der Waals surface area contributed by atoms with E-state index in [2.05, 4.69) is 62.6 Å². The van der Waals surface area contributed by atoms with Crippen molar-refractivity contribution >= 4 is 17.3 Å². The van der Waals surface area contributed by atoms with E-state index in [9.17, 15) is 5.26 Å². The predicted molar refractivity (Wildman–Crippen MR) is 101 cm³/mol. The maximum atomic E-state index is 9.37. The average Bonchev–Trinajstić information content (AvgIpc) is 3.40. The number of hydrogen-bond acceptors (Lipinski definition) is 7. The second-order valence-electron chi connectivity index (χ2n) is 6.66. The molecule has 2 heterocycles.